The second-order valence-electron chi connectivity index (χ2n) is 6.57. The molecule has 1 aliphatic heterocycles. The number of benzene rings is 2. The van der Waals surface area contributed by atoms with Crippen molar-refractivity contribution in [3.05, 3.63) is 54.6 Å². The summed E-state index contributed by atoms with van der Waals surface area (Å²) < 4.78 is 49.5. The molecule has 150 valence electrons. The minimum atomic E-state index is -3.80. The maximum Gasteiger partial charge on any atom is 0.243 e. The molecule has 1 amide bonds. The van der Waals surface area contributed by atoms with Crippen LogP contribution in [0.5, 0.6) is 0 Å². The van der Waals surface area contributed by atoms with Crippen molar-refractivity contribution in [2.24, 2.45) is 11.1 Å². The normalized spacial score (nSPS) is 18.5. The predicted molar refractivity (Wildman–Crippen MR) is 104 cm³/mol. The standard InChI is InChI=1S/C18H21N3O5S2/c19-27(23,24)16-10-8-15(9-11-16)20-18(22)14-5-4-12-21(13-14)28(25,26)17-6-2-1-3-7-17/h1-3,6-11,14H,4-5,12-13H2,(H,20,22)(H2,19,23,24)/t14-/m1/s1. The van der Waals surface area contributed by atoms with Crippen LogP contribution in [0.3, 0.4) is 0 Å². The van der Waals surface area contributed by atoms with Crippen LogP contribution in [0.15, 0.2) is 64.4 Å². The quantitative estimate of drug-likeness (QED) is 0.751. The number of anilines is 1. The number of sulfonamides is 2. The molecule has 3 N–H and O–H groups in total. The van der Waals surface area contributed by atoms with Crippen LogP contribution in [0.25, 0.3) is 0 Å². The summed E-state index contributed by atoms with van der Waals surface area (Å²) in [6.45, 7) is 0.461. The van der Waals surface area contributed by atoms with E-state index in [1.807, 2.05) is 0 Å². The molecule has 1 atom stereocenters. The maximum absolute atomic E-state index is 12.8. The van der Waals surface area contributed by atoms with E-state index < -0.39 is 26.0 Å². The Morgan fingerprint density at radius 2 is 1.61 bits per heavy atom. The summed E-state index contributed by atoms with van der Waals surface area (Å²) in [6, 6.07) is 13.6. The lowest BCUT2D eigenvalue weighted by molar-refractivity contribution is -0.120. The summed E-state index contributed by atoms with van der Waals surface area (Å²) in [5, 5.41) is 7.76. The van der Waals surface area contributed by atoms with Gasteiger partial charge in [-0.25, -0.2) is 22.0 Å². The molecular weight excluding hydrogens is 402 g/mol. The van der Waals surface area contributed by atoms with Gasteiger partial charge in [-0.2, -0.15) is 4.31 Å². The van der Waals surface area contributed by atoms with E-state index in [0.717, 1.165) is 0 Å². The van der Waals surface area contributed by atoms with Gasteiger partial charge in [-0.15, -0.1) is 0 Å². The Bertz CT molecular complexity index is 1050. The van der Waals surface area contributed by atoms with Crippen molar-refractivity contribution in [2.45, 2.75) is 22.6 Å². The van der Waals surface area contributed by atoms with Gasteiger partial charge in [0, 0.05) is 18.8 Å². The Morgan fingerprint density at radius 3 is 2.21 bits per heavy atom. The van der Waals surface area contributed by atoms with E-state index in [2.05, 4.69) is 5.32 Å². The first kappa shape index (κ1) is 20.5. The van der Waals surface area contributed by atoms with Crippen molar-refractivity contribution < 1.29 is 21.6 Å². The average Bonchev–Trinajstić information content (AvgIpc) is 2.68. The number of piperidine rings is 1. The highest BCUT2D eigenvalue weighted by Gasteiger charge is 2.33. The van der Waals surface area contributed by atoms with Crippen LogP contribution in [0.4, 0.5) is 5.69 Å². The Labute approximate surface area is 164 Å². The van der Waals surface area contributed by atoms with Crippen molar-refractivity contribution in [1.29, 1.82) is 0 Å². The Balaban J connectivity index is 1.69. The summed E-state index contributed by atoms with van der Waals surface area (Å²) in [5.74, 6) is -0.804. The van der Waals surface area contributed by atoms with Crippen molar-refractivity contribution >= 4 is 31.6 Å². The molecule has 28 heavy (non-hydrogen) atoms. The van der Waals surface area contributed by atoms with Crippen LogP contribution in [-0.4, -0.2) is 40.1 Å². The largest absolute Gasteiger partial charge is 0.326 e. The zero-order valence-electron chi connectivity index (χ0n) is 15.0. The molecule has 3 rings (SSSR count). The van der Waals surface area contributed by atoms with E-state index in [-0.39, 0.29) is 22.2 Å². The summed E-state index contributed by atoms with van der Waals surface area (Å²) in [7, 11) is -7.46. The third-order valence-corrected chi connectivity index (χ3v) is 7.39. The van der Waals surface area contributed by atoms with Crippen molar-refractivity contribution in [3.63, 3.8) is 0 Å². The lowest BCUT2D eigenvalue weighted by Gasteiger charge is -2.31. The first-order chi connectivity index (χ1) is 13.2. The first-order valence-electron chi connectivity index (χ1n) is 8.67. The van der Waals surface area contributed by atoms with Crippen molar-refractivity contribution in [1.82, 2.24) is 4.31 Å². The molecule has 1 fully saturated rings. The second kappa shape index (κ2) is 8.00. The lowest BCUT2D eigenvalue weighted by Crippen LogP contribution is -2.43. The van der Waals surface area contributed by atoms with Crippen LogP contribution in [-0.2, 0) is 24.8 Å². The Morgan fingerprint density at radius 1 is 0.964 bits per heavy atom. The van der Waals surface area contributed by atoms with Crippen molar-refractivity contribution in [3.8, 4) is 0 Å². The van der Waals surface area contributed by atoms with E-state index in [9.17, 15) is 21.6 Å². The zero-order valence-corrected chi connectivity index (χ0v) is 16.6. The zero-order chi connectivity index (χ0) is 20.4. The molecule has 2 aromatic carbocycles. The number of nitrogens with one attached hydrogen (secondary N) is 1. The van der Waals surface area contributed by atoms with Crippen LogP contribution in [0.1, 0.15) is 12.8 Å². The molecule has 0 bridgehead atoms. The average molecular weight is 424 g/mol. The van der Waals surface area contributed by atoms with E-state index in [4.69, 9.17) is 5.14 Å². The number of rotatable bonds is 5. The van der Waals surface area contributed by atoms with Gasteiger partial charge in [0.1, 0.15) is 0 Å². The minimum Gasteiger partial charge on any atom is -0.326 e. The number of carbonyl (C=O) groups is 1. The number of hydrogen-bond donors (Lipinski definition) is 2. The molecule has 0 aromatic heterocycles. The third kappa shape index (κ3) is 4.58. The molecule has 0 saturated carbocycles. The fourth-order valence-corrected chi connectivity index (χ4v) is 5.15. The minimum absolute atomic E-state index is 0.0525. The number of amides is 1. The molecule has 10 heteroatoms. The molecule has 0 radical (unpaired) electrons. The molecule has 8 nitrogen and oxygen atoms in total. The first-order valence-corrected chi connectivity index (χ1v) is 11.7. The van der Waals surface area contributed by atoms with Gasteiger partial charge < -0.3 is 5.32 Å². The molecule has 0 unspecified atom stereocenters. The fourth-order valence-electron chi connectivity index (χ4n) is 3.09. The fraction of sp³-hybridized carbons (Fsp3) is 0.278. The third-order valence-electron chi connectivity index (χ3n) is 4.59. The SMILES string of the molecule is NS(=O)(=O)c1ccc(NC(=O)[C@@H]2CCCN(S(=O)(=O)c3ccccc3)C2)cc1. The van der Waals surface area contributed by atoms with E-state index in [0.29, 0.717) is 25.1 Å². The molecular formula is C18H21N3O5S2. The van der Waals surface area contributed by atoms with Gasteiger partial charge in [-0.3, -0.25) is 4.79 Å². The highest BCUT2D eigenvalue weighted by atomic mass is 32.2. The number of nitrogens with zero attached hydrogens (tertiary/aromatic N) is 1. The van der Waals surface area contributed by atoms with Crippen LogP contribution in [0.2, 0.25) is 0 Å². The number of nitrogens with two attached hydrogens (primary N) is 1. The number of hydrogen-bond acceptors (Lipinski definition) is 5. The monoisotopic (exact) mass is 423 g/mol. The van der Waals surface area contributed by atoms with Gasteiger partial charge in [0.2, 0.25) is 26.0 Å². The van der Waals surface area contributed by atoms with Crippen LogP contribution < -0.4 is 10.5 Å². The lowest BCUT2D eigenvalue weighted by atomic mass is 9.99. The van der Waals surface area contributed by atoms with Crippen LogP contribution in [0, 0.1) is 5.92 Å². The number of primary sulfonamides is 1. The summed E-state index contributed by atoms with van der Waals surface area (Å²) in [6.07, 6.45) is 1.15. The van der Waals surface area contributed by atoms with E-state index >= 15 is 0 Å². The predicted octanol–water partition coefficient (Wildman–Crippen LogP) is 1.37. The van der Waals surface area contributed by atoms with E-state index in [1.165, 1.54) is 40.7 Å². The summed E-state index contributed by atoms with van der Waals surface area (Å²) in [4.78, 5) is 12.7. The van der Waals surface area contributed by atoms with Gasteiger partial charge in [-0.05, 0) is 49.2 Å². The Hall–Kier alpha value is -2.27. The smallest absolute Gasteiger partial charge is 0.243 e. The van der Waals surface area contributed by atoms with E-state index in [1.54, 1.807) is 18.2 Å². The maximum atomic E-state index is 12.8. The molecule has 1 aliphatic rings. The number of carbonyl (C=O) groups excluding carboxylic acids is 1. The molecule has 0 aliphatic carbocycles. The van der Waals surface area contributed by atoms with Gasteiger partial charge in [0.15, 0.2) is 0 Å². The highest BCUT2D eigenvalue weighted by Crippen LogP contribution is 2.25. The van der Waals surface area contributed by atoms with Gasteiger partial charge in [0.25, 0.3) is 0 Å². The summed E-state index contributed by atoms with van der Waals surface area (Å²) >= 11 is 0. The molecule has 2 aromatic rings. The van der Waals surface area contributed by atoms with Crippen LogP contribution >= 0.6 is 0 Å². The topological polar surface area (TPSA) is 127 Å². The highest BCUT2D eigenvalue weighted by molar-refractivity contribution is 7.89. The molecule has 1 saturated heterocycles. The molecule has 0 spiro atoms. The summed E-state index contributed by atoms with van der Waals surface area (Å²) in [5.41, 5.74) is 0.417. The van der Waals surface area contributed by atoms with Gasteiger partial charge >= 0.3 is 0 Å². The second-order valence-corrected chi connectivity index (χ2v) is 10.1. The Kier molecular flexibility index (Phi) is 5.84. The molecule has 1 heterocycles. The van der Waals surface area contributed by atoms with Gasteiger partial charge in [0.05, 0.1) is 15.7 Å². The van der Waals surface area contributed by atoms with Crippen molar-refractivity contribution in [2.75, 3.05) is 18.4 Å². The van der Waals surface area contributed by atoms with Gasteiger partial charge in [-0.1, -0.05) is 18.2 Å².